The monoisotopic (exact) mass is 317 g/mol. The highest BCUT2D eigenvalue weighted by Gasteiger charge is 2.10. The summed E-state index contributed by atoms with van der Waals surface area (Å²) >= 11 is 17.2. The number of benzene rings is 1. The van der Waals surface area contributed by atoms with E-state index >= 15 is 0 Å². The van der Waals surface area contributed by atoms with Gasteiger partial charge in [-0.1, -0.05) is 23.2 Å². The number of nitrogens with zero attached hydrogens (tertiary/aromatic N) is 2. The molecular weight excluding hydrogens is 305 g/mol. The zero-order valence-corrected chi connectivity index (χ0v) is 12.9. The Hall–Kier alpha value is -1.04. The van der Waals surface area contributed by atoms with Crippen LogP contribution in [0, 0.1) is 4.77 Å². The summed E-state index contributed by atoms with van der Waals surface area (Å²) in [6, 6.07) is 3.49. The van der Waals surface area contributed by atoms with E-state index in [0.29, 0.717) is 27.8 Å². The van der Waals surface area contributed by atoms with E-state index in [1.165, 1.54) is 0 Å². The lowest BCUT2D eigenvalue weighted by atomic mass is 10.3. The van der Waals surface area contributed by atoms with Crippen LogP contribution in [0.25, 0.3) is 11.0 Å². The molecule has 0 atom stereocenters. The summed E-state index contributed by atoms with van der Waals surface area (Å²) in [5.41, 5.74) is 1.67. The van der Waals surface area contributed by atoms with E-state index in [9.17, 15) is 4.79 Å². The van der Waals surface area contributed by atoms with Crippen LogP contribution in [0.4, 0.5) is 0 Å². The summed E-state index contributed by atoms with van der Waals surface area (Å²) < 4.78 is 2.41. The fourth-order valence-electron chi connectivity index (χ4n) is 1.80. The Morgan fingerprint density at radius 1 is 1.37 bits per heavy atom. The Morgan fingerprint density at radius 2 is 2.00 bits per heavy atom. The van der Waals surface area contributed by atoms with Gasteiger partial charge in [-0.3, -0.25) is 4.79 Å². The molecule has 0 saturated carbocycles. The second-order valence-corrected chi connectivity index (χ2v) is 5.60. The van der Waals surface area contributed by atoms with Crippen LogP contribution >= 0.6 is 35.4 Å². The number of aromatic nitrogens is 2. The fourth-order valence-corrected chi connectivity index (χ4v) is 2.43. The van der Waals surface area contributed by atoms with Gasteiger partial charge in [0.15, 0.2) is 4.77 Å². The summed E-state index contributed by atoms with van der Waals surface area (Å²) in [5, 5.41) is 0.942. The molecule has 0 unspecified atom stereocenters. The molecule has 1 aromatic heterocycles. The van der Waals surface area contributed by atoms with Crippen molar-refractivity contribution in [2.45, 2.75) is 13.0 Å². The van der Waals surface area contributed by atoms with E-state index in [1.54, 1.807) is 31.1 Å². The maximum absolute atomic E-state index is 11.6. The highest BCUT2D eigenvalue weighted by Crippen LogP contribution is 2.27. The van der Waals surface area contributed by atoms with Gasteiger partial charge in [-0.2, -0.15) is 0 Å². The number of rotatable bonds is 3. The first-order valence-electron chi connectivity index (χ1n) is 5.68. The number of nitrogens with one attached hydrogen (secondary N) is 1. The first kappa shape index (κ1) is 14.4. The Morgan fingerprint density at radius 3 is 2.63 bits per heavy atom. The van der Waals surface area contributed by atoms with Crippen LogP contribution in [0.2, 0.25) is 10.0 Å². The molecule has 0 fully saturated rings. The molecule has 2 aromatic rings. The van der Waals surface area contributed by atoms with Gasteiger partial charge in [0.1, 0.15) is 0 Å². The Labute approximate surface area is 125 Å². The van der Waals surface area contributed by atoms with Crippen molar-refractivity contribution in [3.63, 3.8) is 0 Å². The first-order chi connectivity index (χ1) is 8.90. The number of fused-ring (bicyclic) bond motifs is 1. The molecule has 1 amide bonds. The number of carbonyl (C=O) groups excluding carboxylic acids is 1. The van der Waals surface area contributed by atoms with Crippen molar-refractivity contribution in [1.82, 2.24) is 14.5 Å². The Kier molecular flexibility index (Phi) is 4.18. The largest absolute Gasteiger partial charge is 0.349 e. The predicted molar refractivity (Wildman–Crippen MR) is 80.5 cm³/mol. The van der Waals surface area contributed by atoms with Crippen molar-refractivity contribution in [3.05, 3.63) is 26.9 Å². The van der Waals surface area contributed by atoms with E-state index in [2.05, 4.69) is 4.98 Å². The van der Waals surface area contributed by atoms with Crippen molar-refractivity contribution in [2.24, 2.45) is 0 Å². The molecule has 0 aliphatic rings. The standard InChI is InChI=1S/C12H13Cl2N3OS/c1-16(2)11(18)3-4-17-10-6-8(14)7(13)5-9(10)15-12(17)19/h5-6H,3-4H2,1-2H3,(H,15,19). The van der Waals surface area contributed by atoms with Crippen LogP contribution in [0.3, 0.4) is 0 Å². The van der Waals surface area contributed by atoms with Crippen LogP contribution in [-0.2, 0) is 11.3 Å². The third-order valence-electron chi connectivity index (χ3n) is 2.86. The molecule has 7 heteroatoms. The number of hydrogen-bond acceptors (Lipinski definition) is 2. The Bertz CT molecular complexity index is 690. The van der Waals surface area contributed by atoms with Crippen molar-refractivity contribution in [2.75, 3.05) is 14.1 Å². The Balaban J connectivity index is 2.38. The summed E-state index contributed by atoms with van der Waals surface area (Å²) in [6.45, 7) is 0.508. The third kappa shape index (κ3) is 2.94. The summed E-state index contributed by atoms with van der Waals surface area (Å²) in [4.78, 5) is 16.2. The number of amides is 1. The summed E-state index contributed by atoms with van der Waals surface area (Å²) in [7, 11) is 3.46. The van der Waals surface area contributed by atoms with E-state index < -0.39 is 0 Å². The molecule has 0 bridgehead atoms. The van der Waals surface area contributed by atoms with Gasteiger partial charge in [-0.05, 0) is 24.4 Å². The van der Waals surface area contributed by atoms with Crippen molar-refractivity contribution in [3.8, 4) is 0 Å². The van der Waals surface area contributed by atoms with Crippen LogP contribution in [0.15, 0.2) is 12.1 Å². The van der Waals surface area contributed by atoms with Gasteiger partial charge in [-0.15, -0.1) is 0 Å². The minimum Gasteiger partial charge on any atom is -0.349 e. The van der Waals surface area contributed by atoms with Crippen LogP contribution in [0.5, 0.6) is 0 Å². The number of aryl methyl sites for hydroxylation is 1. The molecule has 0 spiro atoms. The molecule has 0 saturated heterocycles. The summed E-state index contributed by atoms with van der Waals surface area (Å²) in [6.07, 6.45) is 0.383. The molecule has 0 aliphatic heterocycles. The zero-order valence-electron chi connectivity index (χ0n) is 10.5. The fraction of sp³-hybridized carbons (Fsp3) is 0.333. The normalized spacial score (nSPS) is 10.9. The van der Waals surface area contributed by atoms with Crippen molar-refractivity contribution in [1.29, 1.82) is 0 Å². The maximum Gasteiger partial charge on any atom is 0.223 e. The average Bonchev–Trinajstić information content (AvgIpc) is 2.62. The van der Waals surface area contributed by atoms with E-state index in [0.717, 1.165) is 11.0 Å². The molecular formula is C12H13Cl2N3OS. The minimum atomic E-state index is 0.0521. The van der Waals surface area contributed by atoms with Gasteiger partial charge < -0.3 is 14.5 Å². The van der Waals surface area contributed by atoms with Gasteiger partial charge in [0.2, 0.25) is 5.91 Å². The molecule has 0 radical (unpaired) electrons. The van der Waals surface area contributed by atoms with E-state index in [1.807, 2.05) is 4.57 Å². The molecule has 1 aromatic carbocycles. The smallest absolute Gasteiger partial charge is 0.223 e. The molecule has 102 valence electrons. The summed E-state index contributed by atoms with van der Waals surface area (Å²) in [5.74, 6) is 0.0521. The first-order valence-corrected chi connectivity index (χ1v) is 6.84. The van der Waals surface area contributed by atoms with Gasteiger partial charge in [0.25, 0.3) is 0 Å². The van der Waals surface area contributed by atoms with Gasteiger partial charge in [0, 0.05) is 27.1 Å². The number of halogens is 2. The number of hydrogen-bond donors (Lipinski definition) is 1. The zero-order chi connectivity index (χ0) is 14.2. The van der Waals surface area contributed by atoms with Gasteiger partial charge in [-0.25, -0.2) is 0 Å². The van der Waals surface area contributed by atoms with E-state index in [-0.39, 0.29) is 5.91 Å². The molecule has 19 heavy (non-hydrogen) atoms. The van der Waals surface area contributed by atoms with E-state index in [4.69, 9.17) is 35.4 Å². The average molecular weight is 318 g/mol. The second kappa shape index (κ2) is 5.53. The number of aromatic amines is 1. The lowest BCUT2D eigenvalue weighted by Gasteiger charge is -2.10. The topological polar surface area (TPSA) is 41.0 Å². The highest BCUT2D eigenvalue weighted by molar-refractivity contribution is 7.71. The lowest BCUT2D eigenvalue weighted by molar-refractivity contribution is -0.128. The van der Waals surface area contributed by atoms with Crippen molar-refractivity contribution < 1.29 is 4.79 Å². The predicted octanol–water partition coefficient (Wildman–Crippen LogP) is 3.48. The van der Waals surface area contributed by atoms with Gasteiger partial charge >= 0.3 is 0 Å². The highest BCUT2D eigenvalue weighted by atomic mass is 35.5. The SMILES string of the molecule is CN(C)C(=O)CCn1c(=S)[nH]c2cc(Cl)c(Cl)cc21. The lowest BCUT2D eigenvalue weighted by Crippen LogP contribution is -2.22. The van der Waals surface area contributed by atoms with Crippen LogP contribution in [0.1, 0.15) is 6.42 Å². The molecule has 0 aliphatic carbocycles. The maximum atomic E-state index is 11.6. The number of carbonyl (C=O) groups is 1. The quantitative estimate of drug-likeness (QED) is 0.880. The van der Waals surface area contributed by atoms with Crippen LogP contribution < -0.4 is 0 Å². The number of H-pyrrole nitrogens is 1. The number of imidazole rings is 1. The molecule has 4 nitrogen and oxygen atoms in total. The molecule has 2 rings (SSSR count). The second-order valence-electron chi connectivity index (χ2n) is 4.40. The minimum absolute atomic E-state index is 0.0521. The molecule has 1 N–H and O–H groups in total. The third-order valence-corrected chi connectivity index (χ3v) is 3.91. The van der Waals surface area contributed by atoms with Crippen LogP contribution in [-0.4, -0.2) is 34.5 Å². The van der Waals surface area contributed by atoms with Crippen molar-refractivity contribution >= 4 is 52.4 Å². The molecule has 1 heterocycles. The van der Waals surface area contributed by atoms with Gasteiger partial charge in [0.05, 0.1) is 21.1 Å².